The van der Waals surface area contributed by atoms with Gasteiger partial charge in [-0.05, 0) is 41.0 Å². The second-order valence-electron chi connectivity index (χ2n) is 3.16. The standard InChI is InChI=1S/C10H13IN2OS/c1-7(15-2)5-10(14)13-9-4-3-8(11)6-12-9/h3-4,6-7H,5H2,1-2H3,(H,12,13,14)/t7-/m0/s1. The minimum atomic E-state index is 0.0190. The lowest BCUT2D eigenvalue weighted by Crippen LogP contribution is -2.16. The highest BCUT2D eigenvalue weighted by Gasteiger charge is 2.08. The zero-order chi connectivity index (χ0) is 11.3. The van der Waals surface area contributed by atoms with E-state index in [4.69, 9.17) is 0 Å². The molecular weight excluding hydrogens is 323 g/mol. The van der Waals surface area contributed by atoms with Crippen LogP contribution in [-0.2, 0) is 4.79 Å². The third kappa shape index (κ3) is 4.83. The Morgan fingerprint density at radius 1 is 1.67 bits per heavy atom. The average molecular weight is 336 g/mol. The lowest BCUT2D eigenvalue weighted by atomic mass is 10.3. The minimum Gasteiger partial charge on any atom is -0.311 e. The van der Waals surface area contributed by atoms with E-state index < -0.39 is 0 Å². The Morgan fingerprint density at radius 2 is 2.40 bits per heavy atom. The maximum Gasteiger partial charge on any atom is 0.226 e. The number of pyridine rings is 1. The van der Waals surface area contributed by atoms with Gasteiger partial charge in [0.05, 0.1) is 0 Å². The van der Waals surface area contributed by atoms with Crippen molar-refractivity contribution in [3.63, 3.8) is 0 Å². The van der Waals surface area contributed by atoms with E-state index in [1.54, 1.807) is 18.0 Å². The molecule has 1 aromatic heterocycles. The molecule has 3 nitrogen and oxygen atoms in total. The van der Waals surface area contributed by atoms with Crippen LogP contribution < -0.4 is 5.32 Å². The number of halogens is 1. The second-order valence-corrected chi connectivity index (χ2v) is 5.68. The van der Waals surface area contributed by atoms with Crippen molar-refractivity contribution in [2.24, 2.45) is 0 Å². The Kier molecular flexibility index (Phi) is 5.38. The van der Waals surface area contributed by atoms with Crippen molar-refractivity contribution in [2.45, 2.75) is 18.6 Å². The molecule has 0 aromatic carbocycles. The summed E-state index contributed by atoms with van der Waals surface area (Å²) in [5.41, 5.74) is 0. The molecule has 0 aliphatic carbocycles. The summed E-state index contributed by atoms with van der Waals surface area (Å²) in [5.74, 6) is 0.638. The lowest BCUT2D eigenvalue weighted by Gasteiger charge is -2.08. The van der Waals surface area contributed by atoms with Crippen LogP contribution >= 0.6 is 34.4 Å². The molecule has 0 aliphatic heterocycles. The Morgan fingerprint density at radius 3 is 2.93 bits per heavy atom. The van der Waals surface area contributed by atoms with E-state index in [1.807, 2.05) is 25.3 Å². The van der Waals surface area contributed by atoms with Gasteiger partial charge < -0.3 is 5.32 Å². The number of carbonyl (C=O) groups excluding carboxylic acids is 1. The maximum atomic E-state index is 11.5. The summed E-state index contributed by atoms with van der Waals surface area (Å²) in [6.07, 6.45) is 4.25. The van der Waals surface area contributed by atoms with Gasteiger partial charge in [-0.25, -0.2) is 4.98 Å². The van der Waals surface area contributed by atoms with E-state index in [0.29, 0.717) is 17.5 Å². The number of amides is 1. The van der Waals surface area contributed by atoms with Gasteiger partial charge in [-0.3, -0.25) is 4.79 Å². The molecule has 0 saturated carbocycles. The van der Waals surface area contributed by atoms with E-state index >= 15 is 0 Å². The molecule has 0 unspecified atom stereocenters. The summed E-state index contributed by atoms with van der Waals surface area (Å²) in [6.45, 7) is 2.03. The summed E-state index contributed by atoms with van der Waals surface area (Å²) in [5, 5.41) is 3.11. The molecule has 0 saturated heterocycles. The lowest BCUT2D eigenvalue weighted by molar-refractivity contribution is -0.116. The van der Waals surface area contributed by atoms with Crippen molar-refractivity contribution < 1.29 is 4.79 Å². The molecule has 82 valence electrons. The molecule has 0 aliphatic rings. The van der Waals surface area contributed by atoms with Crippen molar-refractivity contribution in [3.8, 4) is 0 Å². The van der Waals surface area contributed by atoms with Crippen molar-refractivity contribution in [1.29, 1.82) is 0 Å². The molecule has 1 atom stereocenters. The Balaban J connectivity index is 2.48. The minimum absolute atomic E-state index is 0.0190. The zero-order valence-electron chi connectivity index (χ0n) is 8.66. The van der Waals surface area contributed by atoms with E-state index in [-0.39, 0.29) is 5.91 Å². The van der Waals surface area contributed by atoms with Crippen LogP contribution in [0.1, 0.15) is 13.3 Å². The van der Waals surface area contributed by atoms with Crippen molar-refractivity contribution in [3.05, 3.63) is 21.9 Å². The van der Waals surface area contributed by atoms with Gasteiger partial charge in [0.2, 0.25) is 5.91 Å². The van der Waals surface area contributed by atoms with Crippen molar-refractivity contribution in [1.82, 2.24) is 4.98 Å². The predicted molar refractivity (Wildman–Crippen MR) is 73.2 cm³/mol. The van der Waals surface area contributed by atoms with Crippen LogP contribution in [0.15, 0.2) is 18.3 Å². The second kappa shape index (κ2) is 6.32. The molecular formula is C10H13IN2OS. The van der Waals surface area contributed by atoms with Gasteiger partial charge in [-0.15, -0.1) is 0 Å². The molecule has 1 heterocycles. The number of thioether (sulfide) groups is 1. The summed E-state index contributed by atoms with van der Waals surface area (Å²) < 4.78 is 1.06. The molecule has 15 heavy (non-hydrogen) atoms. The summed E-state index contributed by atoms with van der Waals surface area (Å²) in [6, 6.07) is 3.73. The smallest absolute Gasteiger partial charge is 0.226 e. The summed E-state index contributed by atoms with van der Waals surface area (Å²) >= 11 is 3.86. The molecule has 0 fully saturated rings. The number of nitrogens with one attached hydrogen (secondary N) is 1. The number of nitrogens with zero attached hydrogens (tertiary/aromatic N) is 1. The Labute approximate surface area is 108 Å². The number of hydrogen-bond acceptors (Lipinski definition) is 3. The molecule has 5 heteroatoms. The SMILES string of the molecule is CS[C@@H](C)CC(=O)Nc1ccc(I)cn1. The highest BCUT2D eigenvalue weighted by Crippen LogP contribution is 2.12. The molecule has 1 amide bonds. The highest BCUT2D eigenvalue weighted by atomic mass is 127. The van der Waals surface area contributed by atoms with Crippen LogP contribution in [0.2, 0.25) is 0 Å². The van der Waals surface area contributed by atoms with E-state index in [0.717, 1.165) is 3.57 Å². The monoisotopic (exact) mass is 336 g/mol. The van der Waals surface area contributed by atoms with Gasteiger partial charge in [-0.1, -0.05) is 6.92 Å². The Hall–Kier alpha value is -0.300. The molecule has 0 spiro atoms. The van der Waals surface area contributed by atoms with Gasteiger partial charge in [0, 0.05) is 21.4 Å². The predicted octanol–water partition coefficient (Wildman–Crippen LogP) is 2.77. The third-order valence-electron chi connectivity index (χ3n) is 1.87. The van der Waals surface area contributed by atoms with Crippen LogP contribution in [0.3, 0.4) is 0 Å². The average Bonchev–Trinajstić information content (AvgIpc) is 2.21. The first-order chi connectivity index (χ1) is 7.11. The van der Waals surface area contributed by atoms with E-state index in [9.17, 15) is 4.79 Å². The van der Waals surface area contributed by atoms with Crippen LogP contribution in [0.5, 0.6) is 0 Å². The molecule has 0 bridgehead atoms. The van der Waals surface area contributed by atoms with Gasteiger partial charge in [0.25, 0.3) is 0 Å². The third-order valence-corrected chi connectivity index (χ3v) is 3.48. The largest absolute Gasteiger partial charge is 0.311 e. The summed E-state index contributed by atoms with van der Waals surface area (Å²) in [4.78, 5) is 15.6. The van der Waals surface area contributed by atoms with E-state index in [1.165, 1.54) is 0 Å². The zero-order valence-corrected chi connectivity index (χ0v) is 11.6. The van der Waals surface area contributed by atoms with Gasteiger partial charge >= 0.3 is 0 Å². The van der Waals surface area contributed by atoms with Crippen LogP contribution in [0.25, 0.3) is 0 Å². The van der Waals surface area contributed by atoms with Gasteiger partial charge in [-0.2, -0.15) is 11.8 Å². The van der Waals surface area contributed by atoms with Crippen LogP contribution in [-0.4, -0.2) is 22.4 Å². The molecule has 1 N–H and O–H groups in total. The van der Waals surface area contributed by atoms with Crippen molar-refractivity contribution in [2.75, 3.05) is 11.6 Å². The Bertz CT molecular complexity index is 329. The van der Waals surface area contributed by atoms with Crippen LogP contribution in [0, 0.1) is 3.57 Å². The fourth-order valence-electron chi connectivity index (χ4n) is 0.988. The number of carbonyl (C=O) groups is 1. The first-order valence-electron chi connectivity index (χ1n) is 4.56. The number of hydrogen-bond donors (Lipinski definition) is 1. The number of anilines is 1. The van der Waals surface area contributed by atoms with Gasteiger partial charge in [0.1, 0.15) is 5.82 Å². The fraction of sp³-hybridized carbons (Fsp3) is 0.400. The fourth-order valence-corrected chi connectivity index (χ4v) is 1.63. The number of rotatable bonds is 4. The van der Waals surface area contributed by atoms with Crippen LogP contribution in [0.4, 0.5) is 5.82 Å². The quantitative estimate of drug-likeness (QED) is 0.860. The molecule has 0 radical (unpaired) electrons. The first kappa shape index (κ1) is 12.8. The van der Waals surface area contributed by atoms with E-state index in [2.05, 4.69) is 32.9 Å². The number of aromatic nitrogens is 1. The molecule has 1 aromatic rings. The highest BCUT2D eigenvalue weighted by molar-refractivity contribution is 14.1. The molecule has 1 rings (SSSR count). The summed E-state index contributed by atoms with van der Waals surface area (Å²) in [7, 11) is 0. The topological polar surface area (TPSA) is 42.0 Å². The van der Waals surface area contributed by atoms with Gasteiger partial charge in [0.15, 0.2) is 0 Å². The first-order valence-corrected chi connectivity index (χ1v) is 6.92. The van der Waals surface area contributed by atoms with Crippen molar-refractivity contribution >= 4 is 46.1 Å². The maximum absolute atomic E-state index is 11.5. The normalized spacial score (nSPS) is 12.2.